The maximum atomic E-state index is 12.2. The van der Waals surface area contributed by atoms with Crippen molar-refractivity contribution in [2.24, 2.45) is 0 Å². The fourth-order valence-electron chi connectivity index (χ4n) is 3.05. The predicted octanol–water partition coefficient (Wildman–Crippen LogP) is 1.11. The molecule has 1 unspecified atom stereocenters. The average Bonchev–Trinajstić information content (AvgIpc) is 2.79. The molecule has 1 fully saturated rings. The Kier molecular flexibility index (Phi) is 4.08. The first-order valence-electron chi connectivity index (χ1n) is 7.46. The van der Waals surface area contributed by atoms with E-state index in [1.165, 1.54) is 5.56 Å². The van der Waals surface area contributed by atoms with Gasteiger partial charge in [-0.25, -0.2) is 0 Å². The largest absolute Gasteiger partial charge is 0.388 e. The van der Waals surface area contributed by atoms with Gasteiger partial charge in [0.25, 0.3) is 0 Å². The fraction of sp³-hybridized carbons (Fsp3) is 0.667. The summed E-state index contributed by atoms with van der Waals surface area (Å²) in [5.41, 5.74) is 2.21. The Morgan fingerprint density at radius 1 is 1.30 bits per heavy atom. The Labute approximate surface area is 119 Å². The lowest BCUT2D eigenvalue weighted by Gasteiger charge is -2.27. The minimum Gasteiger partial charge on any atom is -0.388 e. The maximum absolute atomic E-state index is 12.2. The third-order valence-corrected chi connectivity index (χ3v) is 4.21. The average molecular weight is 278 g/mol. The molecule has 1 atom stereocenters. The number of aryl methyl sites for hydroxylation is 1. The van der Waals surface area contributed by atoms with E-state index in [0.29, 0.717) is 32.8 Å². The molecule has 0 bridgehead atoms. The van der Waals surface area contributed by atoms with E-state index in [-0.39, 0.29) is 12.0 Å². The second-order valence-electron chi connectivity index (χ2n) is 5.67. The van der Waals surface area contributed by atoms with Crippen LogP contribution in [0.4, 0.5) is 0 Å². The number of aliphatic hydroxyl groups excluding tert-OH is 1. The molecule has 1 amide bonds. The summed E-state index contributed by atoms with van der Waals surface area (Å²) >= 11 is 0. The zero-order valence-corrected chi connectivity index (χ0v) is 11.8. The highest BCUT2D eigenvalue weighted by molar-refractivity contribution is 5.76. The van der Waals surface area contributed by atoms with Crippen LogP contribution in [0.15, 0.2) is 12.4 Å². The number of amides is 1. The molecule has 2 heterocycles. The van der Waals surface area contributed by atoms with Crippen molar-refractivity contribution < 1.29 is 14.6 Å². The summed E-state index contributed by atoms with van der Waals surface area (Å²) in [6.45, 7) is 2.99. The lowest BCUT2D eigenvalue weighted by atomic mass is 10.1. The Morgan fingerprint density at radius 3 is 2.90 bits per heavy atom. The zero-order chi connectivity index (χ0) is 13.9. The van der Waals surface area contributed by atoms with Gasteiger partial charge in [-0.15, -0.1) is 0 Å². The molecular weight excluding hydrogens is 256 g/mol. The van der Waals surface area contributed by atoms with E-state index in [4.69, 9.17) is 4.74 Å². The second kappa shape index (κ2) is 5.97. The van der Waals surface area contributed by atoms with E-state index >= 15 is 0 Å². The van der Waals surface area contributed by atoms with Crippen molar-refractivity contribution in [2.45, 2.75) is 38.3 Å². The topological polar surface area (TPSA) is 54.7 Å². The smallest absolute Gasteiger partial charge is 0.242 e. The van der Waals surface area contributed by atoms with E-state index in [2.05, 4.69) is 0 Å². The van der Waals surface area contributed by atoms with Gasteiger partial charge in [0.2, 0.25) is 5.91 Å². The van der Waals surface area contributed by atoms with Gasteiger partial charge in [-0.05, 0) is 24.8 Å². The molecule has 1 aromatic heterocycles. The van der Waals surface area contributed by atoms with Gasteiger partial charge in [0.1, 0.15) is 6.54 Å². The molecule has 0 spiro atoms. The number of carbonyl (C=O) groups excluding carboxylic acids is 1. The summed E-state index contributed by atoms with van der Waals surface area (Å²) in [7, 11) is 0. The highest BCUT2D eigenvalue weighted by Crippen LogP contribution is 2.29. The molecule has 1 N–H and O–H groups in total. The van der Waals surface area contributed by atoms with Gasteiger partial charge in [0.05, 0.1) is 19.3 Å². The highest BCUT2D eigenvalue weighted by atomic mass is 16.5. The standard InChI is InChI=1S/C15H22N2O3/c18-14-4-2-1-3-12-9-16(10-13(12)14)11-15(19)17-5-7-20-8-6-17/h9-10,14,18H,1-8,11H2. The summed E-state index contributed by atoms with van der Waals surface area (Å²) < 4.78 is 7.19. The van der Waals surface area contributed by atoms with Gasteiger partial charge in [0, 0.05) is 31.0 Å². The fourth-order valence-corrected chi connectivity index (χ4v) is 3.05. The summed E-state index contributed by atoms with van der Waals surface area (Å²) in [5.74, 6) is 0.132. The number of rotatable bonds is 2. The monoisotopic (exact) mass is 278 g/mol. The third kappa shape index (κ3) is 2.88. The molecule has 0 radical (unpaired) electrons. The summed E-state index contributed by atoms with van der Waals surface area (Å²) in [6, 6.07) is 0. The third-order valence-electron chi connectivity index (χ3n) is 4.21. The molecule has 0 saturated carbocycles. The second-order valence-corrected chi connectivity index (χ2v) is 5.67. The molecule has 110 valence electrons. The molecule has 5 heteroatoms. The molecule has 1 aliphatic heterocycles. The quantitative estimate of drug-likeness (QED) is 0.824. The van der Waals surface area contributed by atoms with Gasteiger partial charge >= 0.3 is 0 Å². The maximum Gasteiger partial charge on any atom is 0.242 e. The Hall–Kier alpha value is -1.33. The normalized spacial score (nSPS) is 23.2. The Bertz CT molecular complexity index is 477. The van der Waals surface area contributed by atoms with Crippen molar-refractivity contribution in [2.75, 3.05) is 26.3 Å². The minimum atomic E-state index is -0.368. The molecule has 3 rings (SSSR count). The van der Waals surface area contributed by atoms with Crippen molar-refractivity contribution in [1.82, 2.24) is 9.47 Å². The van der Waals surface area contributed by atoms with Crippen LogP contribution in [0.3, 0.4) is 0 Å². The number of aromatic nitrogens is 1. The number of hydrogen-bond acceptors (Lipinski definition) is 3. The van der Waals surface area contributed by atoms with Gasteiger partial charge in [-0.2, -0.15) is 0 Å². The van der Waals surface area contributed by atoms with Gasteiger partial charge in [0.15, 0.2) is 0 Å². The van der Waals surface area contributed by atoms with Gasteiger partial charge < -0.3 is 19.3 Å². The van der Waals surface area contributed by atoms with Crippen LogP contribution in [0.2, 0.25) is 0 Å². The zero-order valence-electron chi connectivity index (χ0n) is 11.8. The first-order chi connectivity index (χ1) is 9.74. The lowest BCUT2D eigenvalue weighted by molar-refractivity contribution is -0.135. The van der Waals surface area contributed by atoms with Crippen LogP contribution in [0.5, 0.6) is 0 Å². The van der Waals surface area contributed by atoms with E-state index in [9.17, 15) is 9.90 Å². The number of carbonyl (C=O) groups is 1. The number of hydrogen-bond donors (Lipinski definition) is 1. The van der Waals surface area contributed by atoms with Crippen LogP contribution in [-0.2, 0) is 22.5 Å². The van der Waals surface area contributed by atoms with Crippen LogP contribution < -0.4 is 0 Å². The molecule has 0 aromatic carbocycles. The molecule has 1 aliphatic carbocycles. The number of aliphatic hydroxyl groups is 1. The minimum absolute atomic E-state index is 0.132. The summed E-state index contributed by atoms with van der Waals surface area (Å²) in [6.07, 6.45) is 7.63. The van der Waals surface area contributed by atoms with Crippen LogP contribution >= 0.6 is 0 Å². The van der Waals surface area contributed by atoms with E-state index in [0.717, 1.165) is 31.2 Å². The molecule has 20 heavy (non-hydrogen) atoms. The molecule has 2 aliphatic rings. The van der Waals surface area contributed by atoms with Gasteiger partial charge in [-0.1, -0.05) is 6.42 Å². The lowest BCUT2D eigenvalue weighted by Crippen LogP contribution is -2.42. The molecule has 1 aromatic rings. The van der Waals surface area contributed by atoms with E-state index in [1.54, 1.807) is 0 Å². The van der Waals surface area contributed by atoms with Crippen LogP contribution in [0, 0.1) is 0 Å². The van der Waals surface area contributed by atoms with E-state index in [1.807, 2.05) is 21.9 Å². The van der Waals surface area contributed by atoms with E-state index < -0.39 is 0 Å². The van der Waals surface area contributed by atoms with Crippen LogP contribution in [-0.4, -0.2) is 46.8 Å². The first-order valence-corrected chi connectivity index (χ1v) is 7.46. The first kappa shape index (κ1) is 13.6. The summed E-state index contributed by atoms with van der Waals surface area (Å²) in [5, 5.41) is 10.1. The molecular formula is C15H22N2O3. The van der Waals surface area contributed by atoms with Crippen LogP contribution in [0.1, 0.15) is 36.5 Å². The van der Waals surface area contributed by atoms with Gasteiger partial charge in [-0.3, -0.25) is 4.79 Å². The van der Waals surface area contributed by atoms with Crippen molar-refractivity contribution in [3.8, 4) is 0 Å². The number of ether oxygens (including phenoxy) is 1. The SMILES string of the molecule is O=C(Cn1cc2c(c1)C(O)CCCC2)N1CCOCC1. The van der Waals surface area contributed by atoms with Crippen molar-refractivity contribution >= 4 is 5.91 Å². The Morgan fingerprint density at radius 2 is 2.10 bits per heavy atom. The number of fused-ring (bicyclic) bond motifs is 1. The highest BCUT2D eigenvalue weighted by Gasteiger charge is 2.21. The van der Waals surface area contributed by atoms with Crippen molar-refractivity contribution in [1.29, 1.82) is 0 Å². The van der Waals surface area contributed by atoms with Crippen molar-refractivity contribution in [3.63, 3.8) is 0 Å². The summed E-state index contributed by atoms with van der Waals surface area (Å²) in [4.78, 5) is 14.1. The molecule has 1 saturated heterocycles. The van der Waals surface area contributed by atoms with Crippen LogP contribution in [0.25, 0.3) is 0 Å². The van der Waals surface area contributed by atoms with Crippen molar-refractivity contribution in [3.05, 3.63) is 23.5 Å². The Balaban J connectivity index is 1.68. The number of morpholine rings is 1. The predicted molar refractivity (Wildman–Crippen MR) is 74.3 cm³/mol. The number of nitrogens with zero attached hydrogens (tertiary/aromatic N) is 2. The molecule has 5 nitrogen and oxygen atoms in total.